The van der Waals surface area contributed by atoms with Crippen LogP contribution in [-0.2, 0) is 0 Å². The van der Waals surface area contributed by atoms with Crippen molar-refractivity contribution in [2.24, 2.45) is 0 Å². The fraction of sp³-hybridized carbons (Fsp3) is 0.250. The Morgan fingerprint density at radius 1 is 0.127 bits per heavy atom. The van der Waals surface area contributed by atoms with Crippen LogP contribution < -0.4 is 0 Å². The highest BCUT2D eigenvalue weighted by Crippen LogP contribution is 2.19. The van der Waals surface area contributed by atoms with Crippen molar-refractivity contribution in [2.45, 2.75) is 152 Å². The van der Waals surface area contributed by atoms with Gasteiger partial charge in [0, 0.05) is 11.1 Å². The number of benzene rings is 11. The summed E-state index contributed by atoms with van der Waals surface area (Å²) in [6.45, 7) is 38.3. The first-order chi connectivity index (χ1) is 47.4. The zero-order valence-electron chi connectivity index (χ0n) is 62.6. The van der Waals surface area contributed by atoms with Crippen molar-refractivity contribution in [1.82, 2.24) is 0 Å². The molecule has 0 aliphatic carbocycles. The number of rotatable bonds is 0. The van der Waals surface area contributed by atoms with E-state index in [4.69, 9.17) is 0 Å². The molecule has 0 bridgehead atoms. The van der Waals surface area contributed by atoms with Crippen molar-refractivity contribution in [3.63, 3.8) is 0 Å². The quantitative estimate of drug-likeness (QED) is 0.133. The van der Waals surface area contributed by atoms with E-state index in [2.05, 4.69) is 76.2 Å². The molecule has 11 rings (SSSR count). The molecule has 546 valence electrons. The molecule has 102 heavy (non-hydrogen) atoms. The largest absolute Gasteiger partial charge is 0.207 e. The van der Waals surface area contributed by atoms with E-state index in [1.165, 1.54) is 138 Å². The molecule has 0 aliphatic heterocycles. The van der Waals surface area contributed by atoms with Gasteiger partial charge < -0.3 is 0 Å². The minimum Gasteiger partial charge on any atom is -0.207 e. The molecule has 0 N–H and O–H groups in total. The first-order valence-corrected chi connectivity index (χ1v) is 32.5. The van der Waals surface area contributed by atoms with Crippen LogP contribution in [0, 0.1) is 234 Å². The Morgan fingerprint density at radius 2 is 0.265 bits per heavy atom. The summed E-state index contributed by atoms with van der Waals surface area (Å²) in [5.74, 6) is -6.00. The topological polar surface area (TPSA) is 0 Å². The maximum atomic E-state index is 12.6. The Morgan fingerprint density at radius 3 is 0.422 bits per heavy atom. The average Bonchev–Trinajstić information content (AvgIpc) is 0.878. The van der Waals surface area contributed by atoms with Crippen LogP contribution in [-0.4, -0.2) is 0 Å². The van der Waals surface area contributed by atoms with Gasteiger partial charge in [-0.25, -0.2) is 61.5 Å². The van der Waals surface area contributed by atoms with Crippen LogP contribution in [0.1, 0.15) is 122 Å². The van der Waals surface area contributed by atoms with Crippen LogP contribution in [0.5, 0.6) is 0 Å². The van der Waals surface area contributed by atoms with Gasteiger partial charge in [-0.3, -0.25) is 0 Å². The monoisotopic (exact) mass is 1420 g/mol. The highest BCUT2D eigenvalue weighted by Gasteiger charge is 2.09. The minimum absolute atomic E-state index is 0.0885. The van der Waals surface area contributed by atoms with Crippen molar-refractivity contribution >= 4 is 0 Å². The second kappa shape index (κ2) is 45.3. The number of hydrogen-bond donors (Lipinski definition) is 0. The smallest absolute Gasteiger partial charge is 0.161 e. The van der Waals surface area contributed by atoms with E-state index in [0.29, 0.717) is 66.8 Å². The molecule has 0 unspecified atom stereocenters. The second-order valence-corrected chi connectivity index (χ2v) is 25.0. The summed E-state index contributed by atoms with van der Waals surface area (Å²) in [6.07, 6.45) is 0. The molecule has 11 aromatic rings. The average molecular weight is 1420 g/mol. The molecule has 0 atom stereocenters. The van der Waals surface area contributed by atoms with Crippen molar-refractivity contribution in [2.75, 3.05) is 0 Å². The molecular weight excluding hydrogens is 1320 g/mol. The summed E-state index contributed by atoms with van der Waals surface area (Å²) in [7, 11) is 0. The standard InChI is InChI=1S/5C8H8F2.4C8H9F.2C8H10/c1-5-3-8(10)6(2)4-7(5)9;2*1-5-3-7(9)6(2)8(10)4-5;2*1-5-3-4-6(2)8(10)7(5)9;4*1-6-3-4-7(2)8(9)5-6;2*1-7-3-5-8(2)6-4-7/h5*3-4H,1-2H3;4*3-5H,1-2H3;2*3-6H,1-2H3. The summed E-state index contributed by atoms with van der Waals surface area (Å²) in [5, 5.41) is 0. The van der Waals surface area contributed by atoms with E-state index in [9.17, 15) is 61.5 Å². The molecule has 0 saturated carbocycles. The number of hydrogen-bond acceptors (Lipinski definition) is 0. The summed E-state index contributed by atoms with van der Waals surface area (Å²) in [5.41, 5.74) is 15.5. The molecule has 0 spiro atoms. The number of halogens is 14. The third-order valence-electron chi connectivity index (χ3n) is 15.0. The second-order valence-electron chi connectivity index (χ2n) is 25.0. The normalized spacial score (nSPS) is 9.76. The maximum absolute atomic E-state index is 12.6. The Kier molecular flexibility index (Phi) is 40.2. The molecular formula is C88H96F14. The molecule has 0 saturated heterocycles. The molecule has 0 fully saturated rings. The van der Waals surface area contributed by atoms with Gasteiger partial charge in [0.25, 0.3) is 0 Å². The van der Waals surface area contributed by atoms with E-state index in [0.717, 1.165) is 22.3 Å². The molecule has 0 aliphatic rings. The summed E-state index contributed by atoms with van der Waals surface area (Å²) < 4.78 is 176. The zero-order chi connectivity index (χ0) is 78.0. The van der Waals surface area contributed by atoms with Gasteiger partial charge in [-0.1, -0.05) is 144 Å². The molecule has 14 heteroatoms. The molecule has 0 heterocycles. The van der Waals surface area contributed by atoms with E-state index in [1.807, 2.05) is 52.0 Å². The van der Waals surface area contributed by atoms with Crippen LogP contribution in [0.2, 0.25) is 0 Å². The zero-order valence-corrected chi connectivity index (χ0v) is 62.6. The van der Waals surface area contributed by atoms with Crippen LogP contribution in [0.15, 0.2) is 182 Å². The summed E-state index contributed by atoms with van der Waals surface area (Å²) >= 11 is 0. The van der Waals surface area contributed by atoms with E-state index in [-0.39, 0.29) is 46.0 Å². The molecule has 0 radical (unpaired) electrons. The van der Waals surface area contributed by atoms with E-state index < -0.39 is 46.5 Å². The molecule has 11 aromatic carbocycles. The van der Waals surface area contributed by atoms with Gasteiger partial charge in [-0.05, 0) is 302 Å². The Labute approximate surface area is 596 Å². The lowest BCUT2D eigenvalue weighted by molar-refractivity contribution is 0.497. The first kappa shape index (κ1) is 90.5. The lowest BCUT2D eigenvalue weighted by Crippen LogP contribution is -1.91. The van der Waals surface area contributed by atoms with Gasteiger partial charge in [0.1, 0.15) is 58.2 Å². The van der Waals surface area contributed by atoms with Crippen molar-refractivity contribution in [1.29, 1.82) is 0 Å². The maximum Gasteiger partial charge on any atom is 0.161 e. The third kappa shape index (κ3) is 34.7. The van der Waals surface area contributed by atoms with Gasteiger partial charge in [0.2, 0.25) is 0 Å². The van der Waals surface area contributed by atoms with Crippen molar-refractivity contribution < 1.29 is 61.5 Å². The summed E-state index contributed by atoms with van der Waals surface area (Å²) in [6, 6.07) is 51.8. The number of aryl methyl sites for hydroxylation is 20. The Balaban J connectivity index is 0.000000561. The Hall–Kier alpha value is -9.56. The highest BCUT2D eigenvalue weighted by atomic mass is 19.2. The van der Waals surface area contributed by atoms with Gasteiger partial charge in [-0.15, -0.1) is 0 Å². The van der Waals surface area contributed by atoms with Gasteiger partial charge in [-0.2, -0.15) is 0 Å². The van der Waals surface area contributed by atoms with Crippen LogP contribution in [0.4, 0.5) is 61.5 Å². The third-order valence-corrected chi connectivity index (χ3v) is 15.0. The fourth-order valence-electron chi connectivity index (χ4n) is 7.84. The fourth-order valence-corrected chi connectivity index (χ4v) is 7.84. The molecule has 0 amide bonds. The first-order valence-electron chi connectivity index (χ1n) is 32.5. The highest BCUT2D eigenvalue weighted by molar-refractivity contribution is 5.30. The van der Waals surface area contributed by atoms with Gasteiger partial charge in [0.05, 0.1) is 0 Å². The predicted octanol–water partition coefficient (Wildman–Crippen LogP) is 27.3. The lowest BCUT2D eigenvalue weighted by Gasteiger charge is -1.99. The van der Waals surface area contributed by atoms with Crippen LogP contribution in [0.25, 0.3) is 0 Å². The lowest BCUT2D eigenvalue weighted by atomic mass is 10.1. The van der Waals surface area contributed by atoms with E-state index >= 15 is 0 Å². The van der Waals surface area contributed by atoms with Crippen molar-refractivity contribution in [3.8, 4) is 0 Å². The van der Waals surface area contributed by atoms with Gasteiger partial charge in [0.15, 0.2) is 23.3 Å². The van der Waals surface area contributed by atoms with E-state index in [1.54, 1.807) is 90.1 Å². The van der Waals surface area contributed by atoms with Gasteiger partial charge >= 0.3 is 0 Å². The molecule has 0 aromatic heterocycles. The Bertz CT molecular complexity index is 3850. The predicted molar refractivity (Wildman–Crippen MR) is 394 cm³/mol. The summed E-state index contributed by atoms with van der Waals surface area (Å²) in [4.78, 5) is 0. The van der Waals surface area contributed by atoms with Crippen LogP contribution in [0.3, 0.4) is 0 Å². The van der Waals surface area contributed by atoms with Crippen LogP contribution >= 0.6 is 0 Å². The van der Waals surface area contributed by atoms with Crippen molar-refractivity contribution in [3.05, 3.63) is 386 Å². The SMILES string of the molecule is Cc1cc(F)c(C)c(F)c1.Cc1cc(F)c(C)c(F)c1.Cc1cc(F)c(C)cc1F.Cc1ccc(C)c(F)c1.Cc1ccc(C)c(F)c1.Cc1ccc(C)c(F)c1.Cc1ccc(C)c(F)c1.Cc1ccc(C)c(F)c1F.Cc1ccc(C)c(F)c1F.Cc1ccc(C)cc1.Cc1ccc(C)cc1. The minimum atomic E-state index is -0.736. The molecule has 0 nitrogen and oxygen atoms in total.